The van der Waals surface area contributed by atoms with Crippen molar-refractivity contribution in [3.63, 3.8) is 0 Å². The predicted octanol–water partition coefficient (Wildman–Crippen LogP) is 4.33. The van der Waals surface area contributed by atoms with Gasteiger partial charge in [0.05, 0.1) is 5.69 Å². The number of alkyl halides is 3. The van der Waals surface area contributed by atoms with E-state index in [0.717, 1.165) is 24.3 Å². The Morgan fingerprint density at radius 2 is 1.70 bits per heavy atom. The Labute approximate surface area is 151 Å². The summed E-state index contributed by atoms with van der Waals surface area (Å²) in [6.07, 6.45) is -2.24. The number of hydrogen-bond donors (Lipinski definition) is 2. The summed E-state index contributed by atoms with van der Waals surface area (Å²) in [6.45, 7) is 1.22. The van der Waals surface area contributed by atoms with Crippen molar-refractivity contribution < 1.29 is 31.9 Å². The van der Waals surface area contributed by atoms with Crippen LogP contribution in [0.4, 0.5) is 28.9 Å². The third-order valence-electron chi connectivity index (χ3n) is 3.09. The minimum atomic E-state index is -4.78. The number of rotatable bonds is 5. The zero-order valence-corrected chi connectivity index (χ0v) is 13.9. The van der Waals surface area contributed by atoms with Crippen LogP contribution in [0.2, 0.25) is 0 Å². The summed E-state index contributed by atoms with van der Waals surface area (Å²) in [5.41, 5.74) is 0.644. The Hall–Kier alpha value is -3.36. The number of anilines is 2. The van der Waals surface area contributed by atoms with E-state index in [4.69, 9.17) is 0 Å². The predicted molar refractivity (Wildman–Crippen MR) is 91.5 cm³/mol. The Morgan fingerprint density at radius 1 is 1.04 bits per heavy atom. The molecular formula is C18H14F4N2O3. The molecule has 2 rings (SSSR count). The fraction of sp³-hybridized carbons (Fsp3) is 0.111. The summed E-state index contributed by atoms with van der Waals surface area (Å²) in [4.78, 5) is 22.9. The van der Waals surface area contributed by atoms with Crippen LogP contribution >= 0.6 is 0 Å². The number of halogens is 4. The standard InChI is InChI=1S/C18H14F4N2O3/c1-11(25)23-16-10-13(5-8-15(16)19)24-17(26)9-4-12-2-6-14(7-3-12)27-18(20,21)22/h2-10H,1H3,(H,23,25)(H,24,26)/b9-4+. The summed E-state index contributed by atoms with van der Waals surface area (Å²) in [6, 6.07) is 8.58. The van der Waals surface area contributed by atoms with Crippen molar-refractivity contribution in [1.82, 2.24) is 0 Å². The maximum atomic E-state index is 13.6. The largest absolute Gasteiger partial charge is 0.573 e. The second kappa shape index (κ2) is 8.35. The lowest BCUT2D eigenvalue weighted by atomic mass is 10.2. The van der Waals surface area contributed by atoms with Crippen LogP contribution in [0.5, 0.6) is 5.75 Å². The maximum Gasteiger partial charge on any atom is 0.573 e. The first-order valence-electron chi connectivity index (χ1n) is 7.54. The highest BCUT2D eigenvalue weighted by Gasteiger charge is 2.30. The average Bonchev–Trinajstić information content (AvgIpc) is 2.55. The van der Waals surface area contributed by atoms with Crippen LogP contribution in [0, 0.1) is 5.82 Å². The third-order valence-corrected chi connectivity index (χ3v) is 3.09. The van der Waals surface area contributed by atoms with Gasteiger partial charge in [0.15, 0.2) is 0 Å². The topological polar surface area (TPSA) is 67.4 Å². The van der Waals surface area contributed by atoms with Gasteiger partial charge in [0.2, 0.25) is 11.8 Å². The molecule has 142 valence electrons. The van der Waals surface area contributed by atoms with Gasteiger partial charge in [-0.25, -0.2) is 4.39 Å². The number of hydrogen-bond acceptors (Lipinski definition) is 3. The molecule has 2 aromatic rings. The van der Waals surface area contributed by atoms with Gasteiger partial charge in [-0.05, 0) is 42.0 Å². The summed E-state index contributed by atoms with van der Waals surface area (Å²) in [7, 11) is 0. The molecule has 0 aliphatic heterocycles. The molecule has 27 heavy (non-hydrogen) atoms. The van der Waals surface area contributed by atoms with Crippen molar-refractivity contribution in [1.29, 1.82) is 0 Å². The van der Waals surface area contributed by atoms with E-state index >= 15 is 0 Å². The van der Waals surface area contributed by atoms with Crippen molar-refractivity contribution in [2.45, 2.75) is 13.3 Å². The highest BCUT2D eigenvalue weighted by molar-refractivity contribution is 6.02. The van der Waals surface area contributed by atoms with E-state index < -0.39 is 24.0 Å². The molecule has 0 saturated heterocycles. The van der Waals surface area contributed by atoms with E-state index in [9.17, 15) is 27.2 Å². The van der Waals surface area contributed by atoms with E-state index in [-0.39, 0.29) is 17.1 Å². The van der Waals surface area contributed by atoms with Crippen molar-refractivity contribution in [2.24, 2.45) is 0 Å². The van der Waals surface area contributed by atoms with E-state index in [1.54, 1.807) is 0 Å². The first-order valence-corrected chi connectivity index (χ1v) is 7.54. The lowest BCUT2D eigenvalue weighted by molar-refractivity contribution is -0.274. The quantitative estimate of drug-likeness (QED) is 0.597. The monoisotopic (exact) mass is 382 g/mol. The Kier molecular flexibility index (Phi) is 6.17. The lowest BCUT2D eigenvalue weighted by Crippen LogP contribution is -2.16. The van der Waals surface area contributed by atoms with Crippen LogP contribution in [0.3, 0.4) is 0 Å². The minimum absolute atomic E-state index is 0.0791. The molecule has 9 heteroatoms. The number of amides is 2. The summed E-state index contributed by atoms with van der Waals surface area (Å²) in [5.74, 6) is -2.04. The number of nitrogens with one attached hydrogen (secondary N) is 2. The highest BCUT2D eigenvalue weighted by Crippen LogP contribution is 2.23. The van der Waals surface area contributed by atoms with E-state index in [1.807, 2.05) is 0 Å². The Bertz CT molecular complexity index is 862. The molecule has 2 N–H and O–H groups in total. The first kappa shape index (κ1) is 20.0. The molecule has 0 heterocycles. The molecule has 0 aliphatic rings. The van der Waals surface area contributed by atoms with Gasteiger partial charge in [0, 0.05) is 18.7 Å². The number of carbonyl (C=O) groups excluding carboxylic acids is 2. The van der Waals surface area contributed by atoms with Crippen LogP contribution in [-0.2, 0) is 9.59 Å². The number of ether oxygens (including phenoxy) is 1. The first-order chi connectivity index (χ1) is 12.6. The van der Waals surface area contributed by atoms with E-state index in [1.165, 1.54) is 37.3 Å². The molecule has 0 unspecified atom stereocenters. The fourth-order valence-corrected chi connectivity index (χ4v) is 2.02. The van der Waals surface area contributed by atoms with Crippen molar-refractivity contribution in [2.75, 3.05) is 10.6 Å². The van der Waals surface area contributed by atoms with Gasteiger partial charge in [0.1, 0.15) is 11.6 Å². The van der Waals surface area contributed by atoms with Gasteiger partial charge >= 0.3 is 6.36 Å². The molecular weight excluding hydrogens is 368 g/mol. The molecule has 5 nitrogen and oxygen atoms in total. The molecule has 0 radical (unpaired) electrons. The van der Waals surface area contributed by atoms with E-state index in [0.29, 0.717) is 5.56 Å². The SMILES string of the molecule is CC(=O)Nc1cc(NC(=O)/C=C/c2ccc(OC(F)(F)F)cc2)ccc1F. The molecule has 0 aromatic heterocycles. The van der Waals surface area contributed by atoms with Gasteiger partial charge in [-0.2, -0.15) is 0 Å². The average molecular weight is 382 g/mol. The molecule has 0 atom stereocenters. The summed E-state index contributed by atoms with van der Waals surface area (Å²) in [5, 5.41) is 4.77. The third kappa shape index (κ3) is 6.81. The maximum absolute atomic E-state index is 13.6. The van der Waals surface area contributed by atoms with Crippen LogP contribution in [-0.4, -0.2) is 18.2 Å². The number of benzene rings is 2. The second-order valence-electron chi connectivity index (χ2n) is 5.32. The lowest BCUT2D eigenvalue weighted by Gasteiger charge is -2.08. The molecule has 0 spiro atoms. The zero-order valence-electron chi connectivity index (χ0n) is 13.9. The summed E-state index contributed by atoms with van der Waals surface area (Å²) < 4.78 is 53.6. The van der Waals surface area contributed by atoms with Crippen molar-refractivity contribution >= 4 is 29.3 Å². The molecule has 2 aromatic carbocycles. The normalized spacial score (nSPS) is 11.3. The van der Waals surface area contributed by atoms with E-state index in [2.05, 4.69) is 15.4 Å². The number of carbonyl (C=O) groups is 2. The zero-order chi connectivity index (χ0) is 20.0. The smallest absolute Gasteiger partial charge is 0.406 e. The molecule has 0 saturated carbocycles. The van der Waals surface area contributed by atoms with Gasteiger partial charge in [0.25, 0.3) is 0 Å². The highest BCUT2D eigenvalue weighted by atomic mass is 19.4. The fourth-order valence-electron chi connectivity index (χ4n) is 2.02. The van der Waals surface area contributed by atoms with Gasteiger partial charge < -0.3 is 15.4 Å². The van der Waals surface area contributed by atoms with Gasteiger partial charge in [-0.3, -0.25) is 9.59 Å². The van der Waals surface area contributed by atoms with Crippen LogP contribution in [0.25, 0.3) is 6.08 Å². The van der Waals surface area contributed by atoms with Crippen molar-refractivity contribution in [3.8, 4) is 5.75 Å². The second-order valence-corrected chi connectivity index (χ2v) is 5.32. The molecule has 2 amide bonds. The molecule has 0 aliphatic carbocycles. The summed E-state index contributed by atoms with van der Waals surface area (Å²) >= 11 is 0. The van der Waals surface area contributed by atoms with Gasteiger partial charge in [-0.1, -0.05) is 12.1 Å². The van der Waals surface area contributed by atoms with Crippen LogP contribution in [0.1, 0.15) is 12.5 Å². The Morgan fingerprint density at radius 3 is 2.30 bits per heavy atom. The van der Waals surface area contributed by atoms with Crippen molar-refractivity contribution in [3.05, 3.63) is 59.9 Å². The molecule has 0 bridgehead atoms. The van der Waals surface area contributed by atoms with Gasteiger partial charge in [-0.15, -0.1) is 13.2 Å². The Balaban J connectivity index is 2.00. The van der Waals surface area contributed by atoms with Crippen LogP contribution in [0.15, 0.2) is 48.5 Å². The molecule has 0 fully saturated rings. The minimum Gasteiger partial charge on any atom is -0.406 e. The van der Waals surface area contributed by atoms with Crippen LogP contribution < -0.4 is 15.4 Å².